The van der Waals surface area contributed by atoms with Crippen LogP contribution in [0.3, 0.4) is 0 Å². The van der Waals surface area contributed by atoms with E-state index in [4.69, 9.17) is 4.74 Å². The van der Waals surface area contributed by atoms with Gasteiger partial charge in [0.05, 0.1) is 19.3 Å². The van der Waals surface area contributed by atoms with E-state index in [1.165, 1.54) is 0 Å². The first-order valence-corrected chi connectivity index (χ1v) is 11.8. The number of amides is 1. The molecule has 0 unspecified atom stereocenters. The number of carbonyl (C=O) groups is 1. The summed E-state index contributed by atoms with van der Waals surface area (Å²) in [7, 11) is 5.74. The van der Waals surface area contributed by atoms with Crippen LogP contribution in [0.2, 0.25) is 0 Å². The van der Waals surface area contributed by atoms with Crippen molar-refractivity contribution in [1.29, 1.82) is 0 Å². The number of nitrogens with zero attached hydrogens (tertiary/aromatic N) is 4. The Morgan fingerprint density at radius 3 is 2.40 bits per heavy atom. The minimum Gasteiger partial charge on any atom is -0.497 e. The number of halogens is 1. The normalized spacial score (nSPS) is 14.9. The van der Waals surface area contributed by atoms with Crippen molar-refractivity contribution in [3.05, 3.63) is 65.0 Å². The molecule has 0 bridgehead atoms. The van der Waals surface area contributed by atoms with Gasteiger partial charge in [0.25, 0.3) is 5.91 Å². The molecule has 35 heavy (non-hydrogen) atoms. The van der Waals surface area contributed by atoms with Gasteiger partial charge in [0.1, 0.15) is 5.75 Å². The van der Waals surface area contributed by atoms with E-state index >= 15 is 0 Å². The number of anilines is 1. The van der Waals surface area contributed by atoms with Crippen LogP contribution in [-0.2, 0) is 7.05 Å². The van der Waals surface area contributed by atoms with E-state index in [1.54, 1.807) is 7.11 Å². The molecule has 1 saturated heterocycles. The third-order valence-corrected chi connectivity index (χ3v) is 6.89. The van der Waals surface area contributed by atoms with Crippen LogP contribution in [0.4, 0.5) is 5.69 Å². The van der Waals surface area contributed by atoms with Crippen LogP contribution in [0.25, 0.3) is 11.1 Å². The van der Waals surface area contributed by atoms with Crippen LogP contribution < -0.4 is 15.0 Å². The van der Waals surface area contributed by atoms with Crippen molar-refractivity contribution in [1.82, 2.24) is 20.0 Å². The Bertz CT molecular complexity index is 1180. The molecule has 1 aromatic heterocycles. The average Bonchev–Trinajstić information content (AvgIpc) is 3.17. The molecule has 0 spiro atoms. The van der Waals surface area contributed by atoms with Crippen molar-refractivity contribution in [2.24, 2.45) is 7.05 Å². The zero-order chi connectivity index (χ0) is 24.4. The second-order valence-corrected chi connectivity index (χ2v) is 9.25. The summed E-state index contributed by atoms with van der Waals surface area (Å²) in [5, 5.41) is 7.57. The lowest BCUT2D eigenvalue weighted by atomic mass is 9.99. The quantitative estimate of drug-likeness (QED) is 0.547. The van der Waals surface area contributed by atoms with Crippen molar-refractivity contribution < 1.29 is 9.53 Å². The second-order valence-electron chi connectivity index (χ2n) is 9.25. The number of ether oxygens (including phenoxy) is 1. The van der Waals surface area contributed by atoms with Gasteiger partial charge in [-0.05, 0) is 74.8 Å². The van der Waals surface area contributed by atoms with Gasteiger partial charge in [0, 0.05) is 55.7 Å². The Morgan fingerprint density at radius 2 is 1.77 bits per heavy atom. The number of aryl methyl sites for hydroxylation is 2. The van der Waals surface area contributed by atoms with Crippen LogP contribution in [0.1, 0.15) is 40.1 Å². The van der Waals surface area contributed by atoms with E-state index in [0.29, 0.717) is 0 Å². The summed E-state index contributed by atoms with van der Waals surface area (Å²) in [5.41, 5.74) is 6.93. The van der Waals surface area contributed by atoms with Crippen molar-refractivity contribution in [3.8, 4) is 16.9 Å². The third kappa shape index (κ3) is 5.80. The maximum absolute atomic E-state index is 13.3. The topological polar surface area (TPSA) is 62.6 Å². The Balaban J connectivity index is 0.00000342. The average molecular weight is 498 g/mol. The number of rotatable bonds is 6. The van der Waals surface area contributed by atoms with Crippen LogP contribution in [0, 0.1) is 13.8 Å². The molecule has 3 aromatic rings. The predicted molar refractivity (Wildman–Crippen MR) is 144 cm³/mol. The minimum atomic E-state index is -0.190. The van der Waals surface area contributed by atoms with E-state index < -0.39 is 0 Å². The molecule has 2 aromatic carbocycles. The molecule has 8 heteroatoms. The zero-order valence-corrected chi connectivity index (χ0v) is 22.3. The molecule has 188 valence electrons. The molecule has 1 aliphatic rings. The van der Waals surface area contributed by atoms with Gasteiger partial charge in [-0.1, -0.05) is 6.07 Å². The largest absolute Gasteiger partial charge is 0.497 e. The lowest BCUT2D eigenvalue weighted by Gasteiger charge is -2.34. The first kappa shape index (κ1) is 26.6. The Hall–Kier alpha value is -3.03. The van der Waals surface area contributed by atoms with Gasteiger partial charge in [-0.15, -0.1) is 12.4 Å². The predicted octanol–water partition coefficient (Wildman–Crippen LogP) is 4.38. The molecule has 7 nitrogen and oxygen atoms in total. The number of hydrogen-bond acceptors (Lipinski definition) is 5. The maximum atomic E-state index is 13.3. The van der Waals surface area contributed by atoms with Crippen molar-refractivity contribution in [2.45, 2.75) is 26.8 Å². The number of benzene rings is 2. The number of aromatic nitrogens is 2. The number of hydrogen-bond donors (Lipinski definition) is 1. The summed E-state index contributed by atoms with van der Waals surface area (Å²) in [6.07, 6.45) is 1.87. The lowest BCUT2D eigenvalue weighted by molar-refractivity contribution is 0.0939. The Labute approximate surface area is 214 Å². The molecule has 2 heterocycles. The minimum absolute atomic E-state index is 0. The molecule has 1 N–H and O–H groups in total. The summed E-state index contributed by atoms with van der Waals surface area (Å²) >= 11 is 0. The summed E-state index contributed by atoms with van der Waals surface area (Å²) in [6, 6.07) is 12.1. The molecule has 1 atom stereocenters. The smallest absolute Gasteiger partial charge is 0.252 e. The molecule has 0 aliphatic carbocycles. The van der Waals surface area contributed by atoms with Crippen molar-refractivity contribution in [3.63, 3.8) is 0 Å². The van der Waals surface area contributed by atoms with Crippen LogP contribution in [0.5, 0.6) is 5.75 Å². The molecule has 0 radical (unpaired) electrons. The van der Waals surface area contributed by atoms with Gasteiger partial charge in [-0.3, -0.25) is 9.48 Å². The van der Waals surface area contributed by atoms with Crippen molar-refractivity contribution in [2.75, 3.05) is 45.2 Å². The fourth-order valence-electron chi connectivity index (χ4n) is 4.40. The highest BCUT2D eigenvalue weighted by atomic mass is 35.5. The highest BCUT2D eigenvalue weighted by molar-refractivity contribution is 5.97. The molecule has 1 amide bonds. The molecule has 4 rings (SSSR count). The summed E-state index contributed by atoms with van der Waals surface area (Å²) in [6.45, 7) is 10.0. The lowest BCUT2D eigenvalue weighted by Crippen LogP contribution is -2.44. The third-order valence-electron chi connectivity index (χ3n) is 6.89. The van der Waals surface area contributed by atoms with E-state index in [1.807, 2.05) is 63.0 Å². The maximum Gasteiger partial charge on any atom is 0.252 e. The second kappa shape index (κ2) is 11.1. The van der Waals surface area contributed by atoms with E-state index in [9.17, 15) is 4.79 Å². The van der Waals surface area contributed by atoms with Gasteiger partial charge in [-0.2, -0.15) is 5.10 Å². The van der Waals surface area contributed by atoms with Gasteiger partial charge >= 0.3 is 0 Å². The Kier molecular flexibility index (Phi) is 8.46. The fraction of sp³-hybridized carbons (Fsp3) is 0.407. The number of nitrogens with one attached hydrogen (secondary N) is 1. The van der Waals surface area contributed by atoms with E-state index in [0.717, 1.165) is 71.1 Å². The highest BCUT2D eigenvalue weighted by Gasteiger charge is 2.19. The molecular weight excluding hydrogens is 462 g/mol. The fourth-order valence-corrected chi connectivity index (χ4v) is 4.40. The number of carbonyl (C=O) groups excluding carboxylic acids is 1. The van der Waals surface area contributed by atoms with Gasteiger partial charge < -0.3 is 19.9 Å². The van der Waals surface area contributed by atoms with Gasteiger partial charge in [0.2, 0.25) is 0 Å². The monoisotopic (exact) mass is 497 g/mol. The zero-order valence-electron chi connectivity index (χ0n) is 21.5. The summed E-state index contributed by atoms with van der Waals surface area (Å²) < 4.78 is 7.42. The van der Waals surface area contributed by atoms with Crippen molar-refractivity contribution >= 4 is 24.0 Å². The standard InChI is InChI=1S/C27H35N5O2.ClH/c1-18-7-8-23(32-11-9-30(4)10-12-32)16-25(18)27(33)29-19(2)21-13-22(15-24(14-21)34-6)26-17-28-31(5)20(26)3;/h7-8,13-17,19H,9-12H2,1-6H3,(H,29,33);1H/t19-;/m1./s1. The summed E-state index contributed by atoms with van der Waals surface area (Å²) in [4.78, 5) is 18.0. The molecule has 0 saturated carbocycles. The summed E-state index contributed by atoms with van der Waals surface area (Å²) in [5.74, 6) is 0.688. The highest BCUT2D eigenvalue weighted by Crippen LogP contribution is 2.31. The molecule has 1 aliphatic heterocycles. The SMILES string of the molecule is COc1cc(-c2cnn(C)c2C)cc([C@@H](C)NC(=O)c2cc(N3CCN(C)CC3)ccc2C)c1.Cl. The first-order chi connectivity index (χ1) is 16.3. The van der Waals surface area contributed by atoms with Crippen LogP contribution in [-0.4, -0.2) is 60.9 Å². The van der Waals surface area contributed by atoms with Gasteiger partial charge in [0.15, 0.2) is 0 Å². The number of piperazine rings is 1. The van der Waals surface area contributed by atoms with E-state index in [-0.39, 0.29) is 24.4 Å². The van der Waals surface area contributed by atoms with Gasteiger partial charge in [-0.25, -0.2) is 0 Å². The molecule has 1 fully saturated rings. The Morgan fingerprint density at radius 1 is 1.06 bits per heavy atom. The first-order valence-electron chi connectivity index (χ1n) is 11.8. The molecular formula is C27H36ClN5O2. The number of likely N-dealkylation sites (N-methyl/N-ethyl adjacent to an activating group) is 1. The van der Waals surface area contributed by atoms with Crippen LogP contribution in [0.15, 0.2) is 42.6 Å². The number of methoxy groups -OCH3 is 1. The van der Waals surface area contributed by atoms with E-state index in [2.05, 4.69) is 39.4 Å². The van der Waals surface area contributed by atoms with Crippen LogP contribution >= 0.6 is 12.4 Å².